The SMILES string of the molecule is C[C@@H]1CN(Cc2cn(-c3ccc(F)cc3)nc2-c2ccccc2Cl)CCN1C. The maximum atomic E-state index is 13.3. The van der Waals surface area contributed by atoms with Gasteiger partial charge in [-0.1, -0.05) is 29.8 Å². The summed E-state index contributed by atoms with van der Waals surface area (Å²) in [4.78, 5) is 4.84. The number of piperazine rings is 1. The largest absolute Gasteiger partial charge is 0.301 e. The first-order valence-electron chi connectivity index (χ1n) is 9.53. The van der Waals surface area contributed by atoms with Gasteiger partial charge in [0.05, 0.1) is 16.4 Å². The molecule has 0 unspecified atom stereocenters. The van der Waals surface area contributed by atoms with E-state index in [0.29, 0.717) is 11.1 Å². The van der Waals surface area contributed by atoms with Crippen molar-refractivity contribution >= 4 is 11.6 Å². The molecule has 1 atom stereocenters. The molecule has 0 saturated carbocycles. The van der Waals surface area contributed by atoms with Crippen LogP contribution in [0.1, 0.15) is 12.5 Å². The summed E-state index contributed by atoms with van der Waals surface area (Å²) in [6.07, 6.45) is 2.04. The monoisotopic (exact) mass is 398 g/mol. The Balaban J connectivity index is 1.71. The van der Waals surface area contributed by atoms with Gasteiger partial charge in [0, 0.05) is 49.5 Å². The van der Waals surface area contributed by atoms with E-state index in [9.17, 15) is 4.39 Å². The van der Waals surface area contributed by atoms with Crippen molar-refractivity contribution in [1.82, 2.24) is 19.6 Å². The van der Waals surface area contributed by atoms with Gasteiger partial charge in [-0.25, -0.2) is 9.07 Å². The standard InChI is InChI=1S/C22H24ClFN4/c1-16-13-27(12-11-26(16)2)14-17-15-28(19-9-7-18(24)8-10-19)25-22(17)20-5-3-4-6-21(20)23/h3-10,15-16H,11-14H2,1-2H3/t16-/m1/s1. The van der Waals surface area contributed by atoms with Crippen molar-refractivity contribution in [1.29, 1.82) is 0 Å². The number of aromatic nitrogens is 2. The van der Waals surface area contributed by atoms with Crippen LogP contribution >= 0.6 is 11.6 Å². The van der Waals surface area contributed by atoms with Crippen molar-refractivity contribution in [2.45, 2.75) is 19.5 Å². The molecule has 0 N–H and O–H groups in total. The summed E-state index contributed by atoms with van der Waals surface area (Å²) < 4.78 is 15.1. The number of hydrogen-bond acceptors (Lipinski definition) is 3. The summed E-state index contributed by atoms with van der Waals surface area (Å²) >= 11 is 6.47. The number of halogens is 2. The Bertz CT molecular complexity index is 953. The Morgan fingerprint density at radius 1 is 1.11 bits per heavy atom. The maximum absolute atomic E-state index is 13.3. The highest BCUT2D eigenvalue weighted by Crippen LogP contribution is 2.31. The first-order valence-corrected chi connectivity index (χ1v) is 9.91. The van der Waals surface area contributed by atoms with Gasteiger partial charge in [0.2, 0.25) is 0 Å². The first-order chi connectivity index (χ1) is 13.5. The quantitative estimate of drug-likeness (QED) is 0.648. The lowest BCUT2D eigenvalue weighted by Crippen LogP contribution is -2.49. The Kier molecular flexibility index (Phi) is 5.49. The summed E-state index contributed by atoms with van der Waals surface area (Å²) in [5.41, 5.74) is 3.74. The Morgan fingerprint density at radius 2 is 1.86 bits per heavy atom. The Hall–Kier alpha value is -2.21. The summed E-state index contributed by atoms with van der Waals surface area (Å²) in [7, 11) is 2.17. The molecule has 1 aromatic heterocycles. The molecule has 0 aliphatic carbocycles. The third kappa shape index (κ3) is 3.97. The van der Waals surface area contributed by atoms with Crippen LogP contribution in [0.3, 0.4) is 0 Å². The van der Waals surface area contributed by atoms with E-state index in [1.54, 1.807) is 12.1 Å². The zero-order valence-electron chi connectivity index (χ0n) is 16.1. The third-order valence-corrected chi connectivity index (χ3v) is 5.78. The molecule has 4 rings (SSSR count). The minimum atomic E-state index is -0.256. The van der Waals surface area contributed by atoms with Crippen molar-refractivity contribution in [3.8, 4) is 16.9 Å². The highest BCUT2D eigenvalue weighted by molar-refractivity contribution is 6.33. The van der Waals surface area contributed by atoms with Crippen LogP contribution in [0.2, 0.25) is 5.02 Å². The van der Waals surface area contributed by atoms with Gasteiger partial charge in [-0.15, -0.1) is 0 Å². The van der Waals surface area contributed by atoms with Crippen molar-refractivity contribution in [2.75, 3.05) is 26.7 Å². The van der Waals surface area contributed by atoms with E-state index in [-0.39, 0.29) is 5.82 Å². The van der Waals surface area contributed by atoms with Crippen LogP contribution in [0, 0.1) is 5.82 Å². The minimum absolute atomic E-state index is 0.256. The second-order valence-electron chi connectivity index (χ2n) is 7.47. The van der Waals surface area contributed by atoms with Crippen LogP contribution in [0.5, 0.6) is 0 Å². The summed E-state index contributed by atoms with van der Waals surface area (Å²) in [6.45, 7) is 6.14. The highest BCUT2D eigenvalue weighted by atomic mass is 35.5. The fourth-order valence-corrected chi connectivity index (χ4v) is 3.87. The molecule has 0 spiro atoms. The van der Waals surface area contributed by atoms with Crippen molar-refractivity contribution < 1.29 is 4.39 Å². The number of rotatable bonds is 4. The number of likely N-dealkylation sites (N-methyl/N-ethyl adjacent to an activating group) is 1. The molecule has 0 radical (unpaired) electrons. The smallest absolute Gasteiger partial charge is 0.123 e. The first kappa shape index (κ1) is 19.1. The highest BCUT2D eigenvalue weighted by Gasteiger charge is 2.23. The summed E-state index contributed by atoms with van der Waals surface area (Å²) in [5, 5.41) is 5.49. The van der Waals surface area contributed by atoms with Crippen LogP contribution in [0.4, 0.5) is 4.39 Å². The molecule has 0 bridgehead atoms. The summed E-state index contributed by atoms with van der Waals surface area (Å²) in [5.74, 6) is -0.256. The predicted molar refractivity (Wildman–Crippen MR) is 111 cm³/mol. The molecular formula is C22H24ClFN4. The maximum Gasteiger partial charge on any atom is 0.123 e. The molecule has 1 aliphatic rings. The lowest BCUT2D eigenvalue weighted by Gasteiger charge is -2.37. The topological polar surface area (TPSA) is 24.3 Å². The van der Waals surface area contributed by atoms with Gasteiger partial charge in [-0.2, -0.15) is 5.10 Å². The van der Waals surface area contributed by atoms with Crippen LogP contribution in [-0.4, -0.2) is 52.3 Å². The van der Waals surface area contributed by atoms with Gasteiger partial charge in [0.25, 0.3) is 0 Å². The molecule has 2 aromatic carbocycles. The summed E-state index contributed by atoms with van der Waals surface area (Å²) in [6, 6.07) is 14.7. The van der Waals surface area contributed by atoms with Crippen molar-refractivity contribution in [3.63, 3.8) is 0 Å². The number of benzene rings is 2. The lowest BCUT2D eigenvalue weighted by molar-refractivity contribution is 0.100. The van der Waals surface area contributed by atoms with E-state index in [0.717, 1.165) is 48.7 Å². The van der Waals surface area contributed by atoms with Gasteiger partial charge >= 0.3 is 0 Å². The minimum Gasteiger partial charge on any atom is -0.301 e. The molecule has 146 valence electrons. The molecule has 2 heterocycles. The van der Waals surface area contributed by atoms with Crippen LogP contribution in [0.15, 0.2) is 54.7 Å². The molecule has 3 aromatic rings. The van der Waals surface area contributed by atoms with Crippen LogP contribution in [-0.2, 0) is 6.54 Å². The predicted octanol–water partition coefficient (Wildman–Crippen LogP) is 4.47. The molecule has 1 saturated heterocycles. The Morgan fingerprint density at radius 3 is 2.57 bits per heavy atom. The van der Waals surface area contributed by atoms with Crippen LogP contribution < -0.4 is 0 Å². The molecule has 1 aliphatic heterocycles. The molecular weight excluding hydrogens is 375 g/mol. The van der Waals surface area contributed by atoms with E-state index >= 15 is 0 Å². The molecule has 0 amide bonds. The number of hydrogen-bond donors (Lipinski definition) is 0. The second-order valence-corrected chi connectivity index (χ2v) is 7.88. The van der Waals surface area contributed by atoms with Gasteiger partial charge in [0.15, 0.2) is 0 Å². The molecule has 1 fully saturated rings. The molecule has 4 nitrogen and oxygen atoms in total. The van der Waals surface area contributed by atoms with E-state index in [1.165, 1.54) is 12.1 Å². The number of nitrogens with zero attached hydrogens (tertiary/aromatic N) is 4. The zero-order chi connectivity index (χ0) is 19.7. The van der Waals surface area contributed by atoms with Crippen molar-refractivity contribution in [3.05, 3.63) is 71.1 Å². The van der Waals surface area contributed by atoms with Crippen LogP contribution in [0.25, 0.3) is 16.9 Å². The van der Waals surface area contributed by atoms with E-state index in [4.69, 9.17) is 16.7 Å². The van der Waals surface area contributed by atoms with Gasteiger partial charge in [0.1, 0.15) is 5.82 Å². The van der Waals surface area contributed by atoms with Crippen molar-refractivity contribution in [2.24, 2.45) is 0 Å². The van der Waals surface area contributed by atoms with E-state index in [1.807, 2.05) is 35.1 Å². The lowest BCUT2D eigenvalue weighted by atomic mass is 10.1. The van der Waals surface area contributed by atoms with Gasteiger partial charge < -0.3 is 4.90 Å². The Labute approximate surface area is 170 Å². The van der Waals surface area contributed by atoms with E-state index in [2.05, 4.69) is 23.8 Å². The van der Waals surface area contributed by atoms with Gasteiger partial charge in [-0.05, 0) is 44.3 Å². The normalized spacial score (nSPS) is 18.5. The fraction of sp³-hybridized carbons (Fsp3) is 0.318. The van der Waals surface area contributed by atoms with Gasteiger partial charge in [-0.3, -0.25) is 4.90 Å². The average molecular weight is 399 g/mol. The molecule has 28 heavy (non-hydrogen) atoms. The molecule has 6 heteroatoms. The zero-order valence-corrected chi connectivity index (χ0v) is 16.9. The average Bonchev–Trinajstić information content (AvgIpc) is 3.09. The second kappa shape index (κ2) is 8.03. The van der Waals surface area contributed by atoms with E-state index < -0.39 is 0 Å². The fourth-order valence-electron chi connectivity index (χ4n) is 3.64. The third-order valence-electron chi connectivity index (χ3n) is 5.45.